The zero-order valence-electron chi connectivity index (χ0n) is 10.0. The molecule has 0 atom stereocenters. The number of amides is 1. The molecule has 0 bridgehead atoms. The van der Waals surface area contributed by atoms with Crippen LogP contribution in [0.1, 0.15) is 10.6 Å². The van der Waals surface area contributed by atoms with Crippen molar-refractivity contribution in [3.8, 4) is 5.75 Å². The van der Waals surface area contributed by atoms with Gasteiger partial charge in [0, 0.05) is 7.05 Å². The molecule has 7 nitrogen and oxygen atoms in total. The van der Waals surface area contributed by atoms with E-state index in [1.807, 2.05) is 12.1 Å². The Labute approximate surface area is 104 Å². The van der Waals surface area contributed by atoms with Gasteiger partial charge in [-0.1, -0.05) is 12.1 Å². The highest BCUT2D eigenvalue weighted by Gasteiger charge is 2.19. The molecule has 3 N–H and O–H groups in total. The molecule has 18 heavy (non-hydrogen) atoms. The Morgan fingerprint density at radius 3 is 2.78 bits per heavy atom. The van der Waals surface area contributed by atoms with Crippen LogP contribution in [0.5, 0.6) is 5.75 Å². The lowest BCUT2D eigenvalue weighted by molar-refractivity contribution is 0.0983. The van der Waals surface area contributed by atoms with Crippen molar-refractivity contribution < 1.29 is 9.53 Å². The van der Waals surface area contributed by atoms with Gasteiger partial charge in [-0.25, -0.2) is 0 Å². The molecule has 0 aliphatic carbocycles. The first kappa shape index (κ1) is 11.9. The van der Waals surface area contributed by atoms with E-state index in [4.69, 9.17) is 10.5 Å². The minimum Gasteiger partial charge on any atom is -0.495 e. The quantitative estimate of drug-likeness (QED) is 0.830. The van der Waals surface area contributed by atoms with Crippen molar-refractivity contribution in [2.24, 2.45) is 0 Å². The first-order valence-electron chi connectivity index (χ1n) is 5.22. The summed E-state index contributed by atoms with van der Waals surface area (Å²) in [5.41, 5.74) is 6.00. The SMILES string of the molecule is COc1ccccc1N(C)C(=O)c1nc(N)n[nH]1. The van der Waals surface area contributed by atoms with Gasteiger partial charge in [-0.3, -0.25) is 9.89 Å². The summed E-state index contributed by atoms with van der Waals surface area (Å²) in [6, 6.07) is 7.19. The number of nitrogens with one attached hydrogen (secondary N) is 1. The average molecular weight is 247 g/mol. The molecule has 0 unspecified atom stereocenters. The number of carbonyl (C=O) groups excluding carboxylic acids is 1. The lowest BCUT2D eigenvalue weighted by Crippen LogP contribution is -2.27. The van der Waals surface area contributed by atoms with Crippen molar-refractivity contribution in [3.63, 3.8) is 0 Å². The van der Waals surface area contributed by atoms with Gasteiger partial charge in [0.25, 0.3) is 5.91 Å². The largest absolute Gasteiger partial charge is 0.495 e. The third-order valence-corrected chi connectivity index (χ3v) is 2.46. The number of hydrogen-bond acceptors (Lipinski definition) is 5. The zero-order valence-corrected chi connectivity index (χ0v) is 10.0. The topological polar surface area (TPSA) is 97.1 Å². The standard InChI is InChI=1S/C11H13N5O2/c1-16(7-5-3-4-6-8(7)18-2)10(17)9-13-11(12)15-14-9/h3-6H,1-2H3,(H3,12,13,14,15). The Kier molecular flexibility index (Phi) is 3.13. The zero-order chi connectivity index (χ0) is 13.1. The van der Waals surface area contributed by atoms with Crippen LogP contribution in [-0.2, 0) is 0 Å². The van der Waals surface area contributed by atoms with Gasteiger partial charge in [0.05, 0.1) is 12.8 Å². The van der Waals surface area contributed by atoms with Crippen LogP contribution in [0.25, 0.3) is 0 Å². The smallest absolute Gasteiger partial charge is 0.295 e. The first-order chi connectivity index (χ1) is 8.63. The summed E-state index contributed by atoms with van der Waals surface area (Å²) in [5, 5.41) is 6.09. The highest BCUT2D eigenvalue weighted by Crippen LogP contribution is 2.27. The van der Waals surface area contributed by atoms with Crippen LogP contribution in [0.4, 0.5) is 11.6 Å². The van der Waals surface area contributed by atoms with Crippen molar-refractivity contribution in [2.45, 2.75) is 0 Å². The van der Waals surface area contributed by atoms with Crippen molar-refractivity contribution in [2.75, 3.05) is 24.8 Å². The van der Waals surface area contributed by atoms with Crippen molar-refractivity contribution in [1.82, 2.24) is 15.2 Å². The van der Waals surface area contributed by atoms with Crippen LogP contribution in [-0.4, -0.2) is 35.2 Å². The number of H-pyrrole nitrogens is 1. The molecule has 7 heteroatoms. The number of aromatic amines is 1. The maximum atomic E-state index is 12.1. The van der Waals surface area contributed by atoms with E-state index in [-0.39, 0.29) is 17.7 Å². The van der Waals surface area contributed by atoms with Crippen LogP contribution in [0.3, 0.4) is 0 Å². The second-order valence-electron chi connectivity index (χ2n) is 3.58. The summed E-state index contributed by atoms with van der Waals surface area (Å²) >= 11 is 0. The number of nitrogen functional groups attached to an aromatic ring is 1. The number of ether oxygens (including phenoxy) is 1. The van der Waals surface area contributed by atoms with E-state index >= 15 is 0 Å². The fourth-order valence-electron chi connectivity index (χ4n) is 1.55. The van der Waals surface area contributed by atoms with Crippen molar-refractivity contribution in [3.05, 3.63) is 30.1 Å². The molecule has 0 fully saturated rings. The summed E-state index contributed by atoms with van der Waals surface area (Å²) < 4.78 is 5.19. The summed E-state index contributed by atoms with van der Waals surface area (Å²) in [4.78, 5) is 17.3. The second kappa shape index (κ2) is 4.74. The Morgan fingerprint density at radius 2 is 2.17 bits per heavy atom. The lowest BCUT2D eigenvalue weighted by Gasteiger charge is -2.18. The number of benzene rings is 1. The van der Waals surface area contributed by atoms with Gasteiger partial charge in [-0.2, -0.15) is 4.98 Å². The maximum absolute atomic E-state index is 12.1. The molecular formula is C11H13N5O2. The maximum Gasteiger partial charge on any atom is 0.295 e. The fraction of sp³-hybridized carbons (Fsp3) is 0.182. The van der Waals surface area contributed by atoms with Crippen molar-refractivity contribution >= 4 is 17.5 Å². The first-order valence-corrected chi connectivity index (χ1v) is 5.22. The Bertz CT molecular complexity index is 566. The molecule has 2 rings (SSSR count). The number of nitrogens with zero attached hydrogens (tertiary/aromatic N) is 3. The molecular weight excluding hydrogens is 234 g/mol. The van der Waals surface area contributed by atoms with E-state index in [2.05, 4.69) is 15.2 Å². The number of hydrogen-bond donors (Lipinski definition) is 2. The van der Waals surface area contributed by atoms with Gasteiger partial charge >= 0.3 is 0 Å². The molecule has 1 aromatic carbocycles. The predicted octanol–water partition coefficient (Wildman–Crippen LogP) is 0.672. The second-order valence-corrected chi connectivity index (χ2v) is 3.58. The Morgan fingerprint density at radius 1 is 1.44 bits per heavy atom. The third kappa shape index (κ3) is 2.10. The van der Waals surface area contributed by atoms with E-state index < -0.39 is 0 Å². The van der Waals surface area contributed by atoms with Crippen LogP contribution < -0.4 is 15.4 Å². The number of methoxy groups -OCH3 is 1. The molecule has 0 radical (unpaired) electrons. The minimum absolute atomic E-state index is 0.0341. The van der Waals surface area contributed by atoms with Gasteiger partial charge < -0.3 is 15.4 Å². The van der Waals surface area contributed by atoms with Crippen molar-refractivity contribution in [1.29, 1.82) is 0 Å². The summed E-state index contributed by atoms with van der Waals surface area (Å²) in [6.07, 6.45) is 0. The molecule has 94 valence electrons. The molecule has 1 aromatic heterocycles. The molecule has 0 spiro atoms. The summed E-state index contributed by atoms with van der Waals surface area (Å²) in [7, 11) is 3.17. The fourth-order valence-corrected chi connectivity index (χ4v) is 1.55. The predicted molar refractivity (Wildman–Crippen MR) is 66.5 cm³/mol. The minimum atomic E-state index is -0.344. The van der Waals surface area contributed by atoms with Crippen LogP contribution in [0, 0.1) is 0 Å². The molecule has 1 heterocycles. The highest BCUT2D eigenvalue weighted by molar-refractivity contribution is 6.04. The molecule has 2 aromatic rings. The van der Waals surface area contributed by atoms with Gasteiger partial charge in [0.15, 0.2) is 0 Å². The van der Waals surface area contributed by atoms with E-state index in [9.17, 15) is 4.79 Å². The van der Waals surface area contributed by atoms with Gasteiger partial charge in [-0.05, 0) is 12.1 Å². The summed E-state index contributed by atoms with van der Waals surface area (Å²) in [5.74, 6) is 0.372. The van der Waals surface area contributed by atoms with Gasteiger partial charge in [-0.15, -0.1) is 5.10 Å². The monoisotopic (exact) mass is 247 g/mol. The van der Waals surface area contributed by atoms with E-state index in [0.717, 1.165) is 0 Å². The van der Waals surface area contributed by atoms with E-state index in [1.54, 1.807) is 26.3 Å². The van der Waals surface area contributed by atoms with Crippen LogP contribution in [0.2, 0.25) is 0 Å². The number of rotatable bonds is 3. The number of aromatic nitrogens is 3. The average Bonchev–Trinajstić information content (AvgIpc) is 2.83. The summed E-state index contributed by atoms with van der Waals surface area (Å²) in [6.45, 7) is 0. The number of carbonyl (C=O) groups is 1. The molecule has 0 aliphatic rings. The molecule has 1 amide bonds. The number of nitrogens with two attached hydrogens (primary N) is 1. The number of anilines is 2. The van der Waals surface area contributed by atoms with Gasteiger partial charge in [0.2, 0.25) is 11.8 Å². The van der Waals surface area contributed by atoms with Crippen LogP contribution in [0.15, 0.2) is 24.3 Å². The Balaban J connectivity index is 2.31. The molecule has 0 saturated carbocycles. The van der Waals surface area contributed by atoms with Gasteiger partial charge in [0.1, 0.15) is 5.75 Å². The van der Waals surface area contributed by atoms with Crippen LogP contribution >= 0.6 is 0 Å². The lowest BCUT2D eigenvalue weighted by atomic mass is 10.2. The van der Waals surface area contributed by atoms with E-state index in [0.29, 0.717) is 11.4 Å². The normalized spacial score (nSPS) is 10.1. The molecule has 0 aliphatic heterocycles. The highest BCUT2D eigenvalue weighted by atomic mass is 16.5. The molecule has 0 saturated heterocycles. The third-order valence-electron chi connectivity index (χ3n) is 2.46. The Hall–Kier alpha value is -2.57. The number of para-hydroxylation sites is 2. The van der Waals surface area contributed by atoms with E-state index in [1.165, 1.54) is 4.90 Å².